The summed E-state index contributed by atoms with van der Waals surface area (Å²) in [6.45, 7) is 4.62. The fourth-order valence-electron chi connectivity index (χ4n) is 0.771. The van der Waals surface area contributed by atoms with Crippen molar-refractivity contribution < 1.29 is 9.90 Å². The van der Waals surface area contributed by atoms with Gasteiger partial charge in [0.2, 0.25) is 5.91 Å². The Balaban J connectivity index is 3.55. The minimum Gasteiger partial charge on any atom is -0.396 e. The monoisotopic (exact) mass is 199 g/mol. The number of rotatable bonds is 6. The molecule has 0 rings (SSSR count). The smallest absolute Gasteiger partial charge is 0.234 e. The van der Waals surface area contributed by atoms with E-state index < -0.39 is 0 Å². The number of carbonyl (C=O) groups excluding carboxylic acids is 1. The minimum atomic E-state index is -0.227. The highest BCUT2D eigenvalue weighted by atomic mass is 16.3. The Labute approximate surface area is 84.1 Å². The van der Waals surface area contributed by atoms with Gasteiger partial charge in [-0.2, -0.15) is 5.26 Å². The molecule has 0 bridgehead atoms. The van der Waals surface area contributed by atoms with Gasteiger partial charge in [0.05, 0.1) is 12.6 Å². The molecule has 5 nitrogen and oxygen atoms in total. The molecule has 3 N–H and O–H groups in total. The molecule has 0 saturated carbocycles. The quantitative estimate of drug-likeness (QED) is 0.491. The molecule has 0 aromatic rings. The van der Waals surface area contributed by atoms with Crippen LogP contribution in [-0.2, 0) is 4.79 Å². The fraction of sp³-hybridized carbons (Fsp3) is 0.778. The Morgan fingerprint density at radius 2 is 2.21 bits per heavy atom. The van der Waals surface area contributed by atoms with E-state index in [1.54, 1.807) is 0 Å². The van der Waals surface area contributed by atoms with Crippen LogP contribution < -0.4 is 10.6 Å². The maximum Gasteiger partial charge on any atom is 0.234 e. The van der Waals surface area contributed by atoms with E-state index in [0.29, 0.717) is 6.54 Å². The Kier molecular flexibility index (Phi) is 5.84. The molecule has 0 unspecified atom stereocenters. The summed E-state index contributed by atoms with van der Waals surface area (Å²) >= 11 is 0. The van der Waals surface area contributed by atoms with Crippen LogP contribution in [0.1, 0.15) is 13.8 Å². The summed E-state index contributed by atoms with van der Waals surface area (Å²) in [5.74, 6) is -0.208. The number of amides is 1. The van der Waals surface area contributed by atoms with E-state index >= 15 is 0 Å². The minimum absolute atomic E-state index is 0.0317. The lowest BCUT2D eigenvalue weighted by Gasteiger charge is -2.21. The third-order valence-corrected chi connectivity index (χ3v) is 1.68. The number of aliphatic hydroxyl groups excluding tert-OH is 1. The second kappa shape index (κ2) is 6.35. The van der Waals surface area contributed by atoms with Crippen molar-refractivity contribution >= 4 is 5.91 Å². The second-order valence-electron chi connectivity index (χ2n) is 3.86. The zero-order valence-corrected chi connectivity index (χ0v) is 8.63. The van der Waals surface area contributed by atoms with E-state index in [-0.39, 0.29) is 31.0 Å². The van der Waals surface area contributed by atoms with Crippen molar-refractivity contribution in [1.82, 2.24) is 10.6 Å². The molecular formula is C9H17N3O2. The first-order valence-corrected chi connectivity index (χ1v) is 4.47. The summed E-state index contributed by atoms with van der Waals surface area (Å²) in [4.78, 5) is 11.0. The van der Waals surface area contributed by atoms with Gasteiger partial charge in [-0.05, 0) is 0 Å². The third-order valence-electron chi connectivity index (χ3n) is 1.68. The van der Waals surface area contributed by atoms with Crippen LogP contribution in [0.3, 0.4) is 0 Å². The van der Waals surface area contributed by atoms with Gasteiger partial charge in [0.15, 0.2) is 0 Å². The van der Waals surface area contributed by atoms with Crippen LogP contribution >= 0.6 is 0 Å². The van der Waals surface area contributed by atoms with Crippen molar-refractivity contribution in [2.75, 3.05) is 26.2 Å². The van der Waals surface area contributed by atoms with Gasteiger partial charge in [-0.1, -0.05) is 13.8 Å². The molecule has 1 amide bonds. The van der Waals surface area contributed by atoms with Crippen molar-refractivity contribution in [2.45, 2.75) is 13.8 Å². The lowest BCUT2D eigenvalue weighted by atomic mass is 9.95. The van der Waals surface area contributed by atoms with Gasteiger partial charge in [0, 0.05) is 18.6 Å². The normalized spacial score (nSPS) is 10.7. The van der Waals surface area contributed by atoms with Gasteiger partial charge in [-0.3, -0.25) is 4.79 Å². The average Bonchev–Trinajstić information content (AvgIpc) is 2.14. The van der Waals surface area contributed by atoms with Crippen molar-refractivity contribution in [1.29, 1.82) is 5.26 Å². The highest BCUT2D eigenvalue weighted by Gasteiger charge is 2.15. The zero-order chi connectivity index (χ0) is 11.0. The molecule has 0 aliphatic carbocycles. The van der Waals surface area contributed by atoms with Gasteiger partial charge in [-0.15, -0.1) is 0 Å². The highest BCUT2D eigenvalue weighted by molar-refractivity contribution is 5.78. The van der Waals surface area contributed by atoms with Crippen LogP contribution in [-0.4, -0.2) is 37.3 Å². The van der Waals surface area contributed by atoms with Gasteiger partial charge in [-0.25, -0.2) is 0 Å². The van der Waals surface area contributed by atoms with Gasteiger partial charge >= 0.3 is 0 Å². The number of hydrogen-bond donors (Lipinski definition) is 3. The van der Waals surface area contributed by atoms with Gasteiger partial charge < -0.3 is 15.7 Å². The predicted octanol–water partition coefficient (Wildman–Crippen LogP) is -0.766. The molecule has 0 aromatic heterocycles. The SMILES string of the molecule is CC(C)(CO)CNCC(=O)NCC#N. The van der Waals surface area contributed by atoms with Crippen LogP contribution in [0.15, 0.2) is 0 Å². The Morgan fingerprint density at radius 1 is 1.57 bits per heavy atom. The molecule has 0 spiro atoms. The number of nitriles is 1. The summed E-state index contributed by atoms with van der Waals surface area (Å²) in [5, 5.41) is 22.4. The highest BCUT2D eigenvalue weighted by Crippen LogP contribution is 2.10. The summed E-state index contributed by atoms with van der Waals surface area (Å²) in [6.07, 6.45) is 0. The largest absolute Gasteiger partial charge is 0.396 e. The lowest BCUT2D eigenvalue weighted by molar-refractivity contribution is -0.120. The van der Waals surface area contributed by atoms with Gasteiger partial charge in [0.1, 0.15) is 6.54 Å². The molecular weight excluding hydrogens is 182 g/mol. The Bertz CT molecular complexity index is 221. The lowest BCUT2D eigenvalue weighted by Crippen LogP contribution is -2.39. The van der Waals surface area contributed by atoms with Crippen molar-refractivity contribution in [3.63, 3.8) is 0 Å². The van der Waals surface area contributed by atoms with E-state index in [9.17, 15) is 4.79 Å². The standard InChI is InChI=1S/C9H17N3O2/c1-9(2,7-13)6-11-5-8(14)12-4-3-10/h11,13H,4-7H2,1-2H3,(H,12,14). The molecule has 0 aliphatic heterocycles. The topological polar surface area (TPSA) is 85.2 Å². The number of carbonyl (C=O) groups is 1. The molecule has 80 valence electrons. The third kappa shape index (κ3) is 6.40. The second-order valence-corrected chi connectivity index (χ2v) is 3.86. The predicted molar refractivity (Wildman–Crippen MR) is 52.4 cm³/mol. The number of nitrogens with zero attached hydrogens (tertiary/aromatic N) is 1. The molecule has 14 heavy (non-hydrogen) atoms. The Morgan fingerprint density at radius 3 is 2.71 bits per heavy atom. The summed E-state index contributed by atoms with van der Waals surface area (Å²) in [7, 11) is 0. The summed E-state index contributed by atoms with van der Waals surface area (Å²) < 4.78 is 0. The Hall–Kier alpha value is -1.12. The van der Waals surface area contributed by atoms with E-state index in [4.69, 9.17) is 10.4 Å². The maximum absolute atomic E-state index is 11.0. The van der Waals surface area contributed by atoms with Crippen LogP contribution in [0, 0.1) is 16.7 Å². The molecule has 0 aromatic carbocycles. The first-order chi connectivity index (χ1) is 6.52. The van der Waals surface area contributed by atoms with Crippen LogP contribution in [0.25, 0.3) is 0 Å². The van der Waals surface area contributed by atoms with Crippen LogP contribution in [0.4, 0.5) is 0 Å². The van der Waals surface area contributed by atoms with Crippen molar-refractivity contribution in [3.8, 4) is 6.07 Å². The summed E-state index contributed by atoms with van der Waals surface area (Å²) in [5.41, 5.74) is -0.227. The fourth-order valence-corrected chi connectivity index (χ4v) is 0.771. The first-order valence-electron chi connectivity index (χ1n) is 4.47. The molecule has 0 saturated heterocycles. The van der Waals surface area contributed by atoms with E-state index in [2.05, 4.69) is 10.6 Å². The van der Waals surface area contributed by atoms with Crippen molar-refractivity contribution in [3.05, 3.63) is 0 Å². The number of nitrogens with one attached hydrogen (secondary N) is 2. The molecule has 0 aliphatic rings. The van der Waals surface area contributed by atoms with Crippen LogP contribution in [0.5, 0.6) is 0 Å². The molecule has 5 heteroatoms. The average molecular weight is 199 g/mol. The van der Waals surface area contributed by atoms with Crippen LogP contribution in [0.2, 0.25) is 0 Å². The first kappa shape index (κ1) is 12.9. The molecule has 0 heterocycles. The van der Waals surface area contributed by atoms with Crippen molar-refractivity contribution in [2.24, 2.45) is 5.41 Å². The molecule has 0 fully saturated rings. The van der Waals surface area contributed by atoms with Gasteiger partial charge in [0.25, 0.3) is 0 Å². The van der Waals surface area contributed by atoms with E-state index in [1.807, 2.05) is 19.9 Å². The number of aliphatic hydroxyl groups is 1. The van der Waals surface area contributed by atoms with E-state index in [0.717, 1.165) is 0 Å². The summed E-state index contributed by atoms with van der Waals surface area (Å²) in [6, 6.07) is 1.82. The molecule has 0 radical (unpaired) electrons. The molecule has 0 atom stereocenters. The number of hydrogen-bond acceptors (Lipinski definition) is 4. The zero-order valence-electron chi connectivity index (χ0n) is 8.63. The maximum atomic E-state index is 11.0. The van der Waals surface area contributed by atoms with E-state index in [1.165, 1.54) is 0 Å².